The molecule has 33 heavy (non-hydrogen) atoms. The molecule has 170 valence electrons. The second kappa shape index (κ2) is 10.9. The molecule has 7 nitrogen and oxygen atoms in total. The van der Waals surface area contributed by atoms with Crippen LogP contribution in [0.15, 0.2) is 72.8 Å². The monoisotopic (exact) mass is 445 g/mol. The van der Waals surface area contributed by atoms with E-state index in [4.69, 9.17) is 4.74 Å². The van der Waals surface area contributed by atoms with E-state index in [9.17, 15) is 14.4 Å². The molecule has 3 N–H and O–H groups in total. The van der Waals surface area contributed by atoms with Gasteiger partial charge in [-0.1, -0.05) is 31.2 Å². The van der Waals surface area contributed by atoms with Crippen LogP contribution in [0.3, 0.4) is 0 Å². The van der Waals surface area contributed by atoms with Crippen LogP contribution in [0.5, 0.6) is 5.75 Å². The van der Waals surface area contributed by atoms with Gasteiger partial charge in [-0.05, 0) is 74.4 Å². The van der Waals surface area contributed by atoms with Crippen molar-refractivity contribution in [1.29, 1.82) is 0 Å². The van der Waals surface area contributed by atoms with E-state index in [0.717, 1.165) is 12.0 Å². The van der Waals surface area contributed by atoms with Crippen molar-refractivity contribution in [3.63, 3.8) is 0 Å². The Labute approximate surface area is 193 Å². The molecule has 3 rings (SSSR count). The van der Waals surface area contributed by atoms with Gasteiger partial charge in [0.1, 0.15) is 5.75 Å². The minimum absolute atomic E-state index is 0.0347. The third-order valence-corrected chi connectivity index (χ3v) is 5.09. The Hall–Kier alpha value is -4.13. The van der Waals surface area contributed by atoms with E-state index < -0.39 is 11.8 Å². The summed E-state index contributed by atoms with van der Waals surface area (Å²) >= 11 is 0. The third-order valence-electron chi connectivity index (χ3n) is 5.09. The Bertz CT molecular complexity index is 1140. The largest absolute Gasteiger partial charge is 0.491 e. The van der Waals surface area contributed by atoms with E-state index in [1.54, 1.807) is 60.7 Å². The van der Waals surface area contributed by atoms with E-state index in [1.165, 1.54) is 0 Å². The molecule has 1 atom stereocenters. The summed E-state index contributed by atoms with van der Waals surface area (Å²) in [6, 6.07) is 20.4. The van der Waals surface area contributed by atoms with Gasteiger partial charge in [-0.25, -0.2) is 0 Å². The average Bonchev–Trinajstić information content (AvgIpc) is 2.83. The number of amides is 3. The number of hydrazine groups is 1. The summed E-state index contributed by atoms with van der Waals surface area (Å²) in [5, 5.41) is 2.81. The summed E-state index contributed by atoms with van der Waals surface area (Å²) in [6.07, 6.45) is 0.883. The zero-order chi connectivity index (χ0) is 23.8. The van der Waals surface area contributed by atoms with Crippen LogP contribution in [0.1, 0.15) is 56.9 Å². The van der Waals surface area contributed by atoms with Crippen LogP contribution in [0.2, 0.25) is 0 Å². The van der Waals surface area contributed by atoms with E-state index in [0.29, 0.717) is 28.1 Å². The Morgan fingerprint density at radius 3 is 2.15 bits per heavy atom. The molecule has 0 heterocycles. The van der Waals surface area contributed by atoms with Crippen LogP contribution in [-0.2, 0) is 0 Å². The highest BCUT2D eigenvalue weighted by molar-refractivity contribution is 6.05. The number of benzene rings is 3. The zero-order valence-corrected chi connectivity index (χ0v) is 18.8. The van der Waals surface area contributed by atoms with Gasteiger partial charge < -0.3 is 10.1 Å². The van der Waals surface area contributed by atoms with Crippen LogP contribution in [0, 0.1) is 6.92 Å². The summed E-state index contributed by atoms with van der Waals surface area (Å²) < 4.78 is 5.73. The number of anilines is 1. The summed E-state index contributed by atoms with van der Waals surface area (Å²) in [5.41, 5.74) is 7.51. The highest BCUT2D eigenvalue weighted by Gasteiger charge is 2.12. The molecule has 7 heteroatoms. The Morgan fingerprint density at radius 1 is 0.818 bits per heavy atom. The minimum atomic E-state index is -0.479. The van der Waals surface area contributed by atoms with Gasteiger partial charge in [0.2, 0.25) is 0 Å². The smallest absolute Gasteiger partial charge is 0.269 e. The Kier molecular flexibility index (Phi) is 7.81. The molecule has 3 aromatic carbocycles. The first-order chi connectivity index (χ1) is 15.9. The molecule has 0 radical (unpaired) electrons. The van der Waals surface area contributed by atoms with E-state index in [-0.39, 0.29) is 12.0 Å². The minimum Gasteiger partial charge on any atom is -0.491 e. The second-order valence-electron chi connectivity index (χ2n) is 7.62. The molecule has 0 aliphatic heterocycles. The molecule has 0 fully saturated rings. The topological polar surface area (TPSA) is 96.5 Å². The number of hydrogen-bond donors (Lipinski definition) is 3. The SMILES string of the molecule is CCC(C)Oc1cccc(C(=O)NNC(=O)c2ccc(NC(=O)c3ccccc3C)cc2)c1. The predicted molar refractivity (Wildman–Crippen MR) is 127 cm³/mol. The Balaban J connectivity index is 1.55. The van der Waals surface area contributed by atoms with Gasteiger partial charge in [0.25, 0.3) is 17.7 Å². The van der Waals surface area contributed by atoms with Crippen molar-refractivity contribution in [2.45, 2.75) is 33.3 Å². The molecule has 0 spiro atoms. The maximum absolute atomic E-state index is 12.4. The van der Waals surface area contributed by atoms with Crippen LogP contribution in [0.25, 0.3) is 0 Å². The molecule has 0 saturated carbocycles. The molecular formula is C26H27N3O4. The van der Waals surface area contributed by atoms with Crippen molar-refractivity contribution < 1.29 is 19.1 Å². The van der Waals surface area contributed by atoms with Crippen molar-refractivity contribution >= 4 is 23.4 Å². The first-order valence-corrected chi connectivity index (χ1v) is 10.7. The Morgan fingerprint density at radius 2 is 1.48 bits per heavy atom. The van der Waals surface area contributed by atoms with Gasteiger partial charge in [0, 0.05) is 22.4 Å². The standard InChI is InChI=1S/C26H27N3O4/c1-4-18(3)33-22-10-7-9-20(16-22)25(31)29-28-24(30)19-12-14-21(15-13-19)27-26(32)23-11-6-5-8-17(23)2/h5-16,18H,4H2,1-3H3,(H,27,32)(H,28,30)(H,29,31). The number of rotatable bonds is 7. The summed E-state index contributed by atoms with van der Waals surface area (Å²) in [4.78, 5) is 37.2. The number of carbonyl (C=O) groups is 3. The lowest BCUT2D eigenvalue weighted by molar-refractivity contribution is 0.0846. The highest BCUT2D eigenvalue weighted by atomic mass is 16.5. The number of nitrogens with one attached hydrogen (secondary N) is 3. The first kappa shape index (κ1) is 23.5. The molecule has 0 aromatic heterocycles. The van der Waals surface area contributed by atoms with Crippen molar-refractivity contribution in [3.05, 3.63) is 95.1 Å². The van der Waals surface area contributed by atoms with Crippen LogP contribution >= 0.6 is 0 Å². The fourth-order valence-electron chi connectivity index (χ4n) is 3.02. The van der Waals surface area contributed by atoms with E-state index in [1.807, 2.05) is 32.9 Å². The number of carbonyl (C=O) groups excluding carboxylic acids is 3. The van der Waals surface area contributed by atoms with E-state index in [2.05, 4.69) is 16.2 Å². The number of hydrogen-bond acceptors (Lipinski definition) is 4. The normalized spacial score (nSPS) is 11.2. The van der Waals surface area contributed by atoms with Crippen LogP contribution < -0.4 is 20.9 Å². The van der Waals surface area contributed by atoms with Gasteiger partial charge >= 0.3 is 0 Å². The molecule has 3 amide bonds. The van der Waals surface area contributed by atoms with Crippen molar-refractivity contribution in [2.75, 3.05) is 5.32 Å². The summed E-state index contributed by atoms with van der Waals surface area (Å²) in [7, 11) is 0. The fraction of sp³-hybridized carbons (Fsp3) is 0.192. The molecular weight excluding hydrogens is 418 g/mol. The maximum atomic E-state index is 12.4. The maximum Gasteiger partial charge on any atom is 0.269 e. The van der Waals surface area contributed by atoms with Gasteiger partial charge in [-0.3, -0.25) is 25.2 Å². The lowest BCUT2D eigenvalue weighted by Crippen LogP contribution is -2.41. The highest BCUT2D eigenvalue weighted by Crippen LogP contribution is 2.16. The van der Waals surface area contributed by atoms with Crippen LogP contribution in [-0.4, -0.2) is 23.8 Å². The van der Waals surface area contributed by atoms with E-state index >= 15 is 0 Å². The molecule has 0 bridgehead atoms. The number of aryl methyl sites for hydroxylation is 1. The third kappa shape index (κ3) is 6.43. The van der Waals surface area contributed by atoms with Gasteiger partial charge in [-0.2, -0.15) is 0 Å². The number of ether oxygens (including phenoxy) is 1. The lowest BCUT2D eigenvalue weighted by atomic mass is 10.1. The average molecular weight is 446 g/mol. The van der Waals surface area contributed by atoms with Gasteiger partial charge in [0.05, 0.1) is 6.10 Å². The fourth-order valence-corrected chi connectivity index (χ4v) is 3.02. The molecule has 3 aromatic rings. The molecule has 1 unspecified atom stereocenters. The lowest BCUT2D eigenvalue weighted by Gasteiger charge is -2.13. The van der Waals surface area contributed by atoms with Gasteiger partial charge in [0.15, 0.2) is 0 Å². The zero-order valence-electron chi connectivity index (χ0n) is 18.8. The van der Waals surface area contributed by atoms with Crippen molar-refractivity contribution in [3.8, 4) is 5.75 Å². The van der Waals surface area contributed by atoms with Crippen molar-refractivity contribution in [2.24, 2.45) is 0 Å². The summed E-state index contributed by atoms with van der Waals surface area (Å²) in [5.74, 6) is -0.573. The molecule has 0 aliphatic carbocycles. The second-order valence-corrected chi connectivity index (χ2v) is 7.62. The summed E-state index contributed by atoms with van der Waals surface area (Å²) in [6.45, 7) is 5.83. The van der Waals surface area contributed by atoms with Gasteiger partial charge in [-0.15, -0.1) is 0 Å². The van der Waals surface area contributed by atoms with Crippen molar-refractivity contribution in [1.82, 2.24) is 10.9 Å². The predicted octanol–water partition coefficient (Wildman–Crippen LogP) is 4.50. The molecule has 0 saturated heterocycles. The first-order valence-electron chi connectivity index (χ1n) is 10.7. The quantitative estimate of drug-likeness (QED) is 0.467. The molecule has 0 aliphatic rings. The van der Waals surface area contributed by atoms with Crippen LogP contribution in [0.4, 0.5) is 5.69 Å².